The molecule has 0 bridgehead atoms. The van der Waals surface area contributed by atoms with E-state index in [4.69, 9.17) is 28.9 Å². The van der Waals surface area contributed by atoms with E-state index in [-0.39, 0.29) is 22.8 Å². The maximum atomic E-state index is 12.4. The van der Waals surface area contributed by atoms with Crippen LogP contribution in [0.15, 0.2) is 18.2 Å². The molecule has 2 N–H and O–H groups in total. The van der Waals surface area contributed by atoms with Crippen molar-refractivity contribution >= 4 is 35.0 Å². The van der Waals surface area contributed by atoms with Crippen molar-refractivity contribution < 1.29 is 9.59 Å². The van der Waals surface area contributed by atoms with E-state index in [1.165, 1.54) is 0 Å². The zero-order valence-electron chi connectivity index (χ0n) is 10.2. The third kappa shape index (κ3) is 3.01. The maximum Gasteiger partial charge on any atom is 0.255 e. The van der Waals surface area contributed by atoms with Crippen molar-refractivity contribution in [2.24, 2.45) is 11.7 Å². The van der Waals surface area contributed by atoms with Crippen molar-refractivity contribution in [1.82, 2.24) is 4.90 Å². The average molecular weight is 301 g/mol. The third-order valence-electron chi connectivity index (χ3n) is 3.29. The number of primary amides is 1. The number of nitrogens with zero attached hydrogens (tertiary/aromatic N) is 1. The summed E-state index contributed by atoms with van der Waals surface area (Å²) >= 11 is 11.9. The molecule has 2 amide bonds. The van der Waals surface area contributed by atoms with Gasteiger partial charge in [-0.3, -0.25) is 9.59 Å². The Morgan fingerprint density at radius 3 is 2.74 bits per heavy atom. The molecule has 6 heteroatoms. The van der Waals surface area contributed by atoms with Gasteiger partial charge in [0.15, 0.2) is 0 Å². The summed E-state index contributed by atoms with van der Waals surface area (Å²) in [5.74, 6) is -0.858. The normalized spacial score (nSPS) is 19.3. The molecule has 19 heavy (non-hydrogen) atoms. The van der Waals surface area contributed by atoms with Gasteiger partial charge in [0.2, 0.25) is 5.91 Å². The van der Waals surface area contributed by atoms with Crippen LogP contribution in [0.2, 0.25) is 10.0 Å². The van der Waals surface area contributed by atoms with E-state index < -0.39 is 0 Å². The molecule has 0 aliphatic carbocycles. The largest absolute Gasteiger partial charge is 0.369 e. The minimum absolute atomic E-state index is 0.210. The topological polar surface area (TPSA) is 63.4 Å². The van der Waals surface area contributed by atoms with Gasteiger partial charge in [-0.05, 0) is 25.0 Å². The molecule has 1 saturated heterocycles. The Labute approximate surface area is 121 Å². The van der Waals surface area contributed by atoms with Gasteiger partial charge < -0.3 is 10.6 Å². The third-order valence-corrected chi connectivity index (χ3v) is 4.11. The molecule has 1 unspecified atom stereocenters. The number of halogens is 2. The summed E-state index contributed by atoms with van der Waals surface area (Å²) in [5.41, 5.74) is 5.66. The summed E-state index contributed by atoms with van der Waals surface area (Å²) in [4.78, 5) is 25.2. The summed E-state index contributed by atoms with van der Waals surface area (Å²) in [5, 5.41) is 0.589. The first-order valence-corrected chi connectivity index (χ1v) is 6.79. The first-order chi connectivity index (χ1) is 9.00. The highest BCUT2D eigenvalue weighted by Crippen LogP contribution is 2.27. The van der Waals surface area contributed by atoms with Crippen LogP contribution in [0.1, 0.15) is 23.2 Å². The van der Waals surface area contributed by atoms with Gasteiger partial charge in [0.25, 0.3) is 5.91 Å². The summed E-state index contributed by atoms with van der Waals surface area (Å²) in [7, 11) is 0. The van der Waals surface area contributed by atoms with Gasteiger partial charge in [0.05, 0.1) is 21.5 Å². The molecular formula is C13H14Cl2N2O2. The Bertz CT molecular complexity index is 519. The average Bonchev–Trinajstić information content (AvgIpc) is 2.41. The van der Waals surface area contributed by atoms with Gasteiger partial charge in [0, 0.05) is 13.1 Å². The number of carbonyl (C=O) groups excluding carboxylic acids is 2. The first-order valence-electron chi connectivity index (χ1n) is 6.03. The Morgan fingerprint density at radius 1 is 1.32 bits per heavy atom. The van der Waals surface area contributed by atoms with Gasteiger partial charge in [-0.1, -0.05) is 29.3 Å². The highest BCUT2D eigenvalue weighted by Gasteiger charge is 2.28. The molecule has 0 spiro atoms. The zero-order chi connectivity index (χ0) is 14.0. The molecule has 4 nitrogen and oxygen atoms in total. The number of likely N-dealkylation sites (tertiary alicyclic amines) is 1. The number of nitrogens with two attached hydrogens (primary N) is 1. The van der Waals surface area contributed by atoms with Crippen molar-refractivity contribution in [3.63, 3.8) is 0 Å². The number of benzene rings is 1. The molecule has 1 aliphatic heterocycles. The second kappa shape index (κ2) is 5.80. The highest BCUT2D eigenvalue weighted by atomic mass is 35.5. The van der Waals surface area contributed by atoms with Crippen LogP contribution in [0.4, 0.5) is 0 Å². The molecule has 1 aliphatic rings. The predicted octanol–water partition coefficient (Wildman–Crippen LogP) is 2.33. The summed E-state index contributed by atoms with van der Waals surface area (Å²) < 4.78 is 0. The fourth-order valence-corrected chi connectivity index (χ4v) is 2.61. The van der Waals surface area contributed by atoms with E-state index in [9.17, 15) is 9.59 Å². The van der Waals surface area contributed by atoms with Crippen LogP contribution in [0.3, 0.4) is 0 Å². The molecule has 1 fully saturated rings. The van der Waals surface area contributed by atoms with Crippen LogP contribution in [0.5, 0.6) is 0 Å². The minimum atomic E-state index is -0.366. The second-order valence-electron chi connectivity index (χ2n) is 4.59. The summed E-state index contributed by atoms with van der Waals surface area (Å²) in [6.45, 7) is 0.947. The molecule has 1 heterocycles. The maximum absolute atomic E-state index is 12.4. The monoisotopic (exact) mass is 300 g/mol. The number of amides is 2. The minimum Gasteiger partial charge on any atom is -0.369 e. The predicted molar refractivity (Wildman–Crippen MR) is 74.3 cm³/mol. The van der Waals surface area contributed by atoms with E-state index in [0.717, 1.165) is 12.8 Å². The van der Waals surface area contributed by atoms with Gasteiger partial charge in [-0.2, -0.15) is 0 Å². The number of piperidine rings is 1. The van der Waals surface area contributed by atoms with Gasteiger partial charge in [-0.25, -0.2) is 0 Å². The van der Waals surface area contributed by atoms with Crippen molar-refractivity contribution in [3.05, 3.63) is 33.8 Å². The van der Waals surface area contributed by atoms with E-state index in [2.05, 4.69) is 0 Å². The molecule has 2 rings (SSSR count). The van der Waals surface area contributed by atoms with Crippen LogP contribution in [0.25, 0.3) is 0 Å². The number of hydrogen-bond acceptors (Lipinski definition) is 2. The summed E-state index contributed by atoms with van der Waals surface area (Å²) in [6, 6.07) is 4.93. The Hall–Kier alpha value is -1.26. The fourth-order valence-electron chi connectivity index (χ4n) is 2.23. The van der Waals surface area contributed by atoms with Crippen LogP contribution >= 0.6 is 23.2 Å². The Balaban J connectivity index is 2.19. The number of hydrogen-bond donors (Lipinski definition) is 1. The van der Waals surface area contributed by atoms with Gasteiger partial charge in [-0.15, -0.1) is 0 Å². The zero-order valence-corrected chi connectivity index (χ0v) is 11.7. The van der Waals surface area contributed by atoms with Gasteiger partial charge >= 0.3 is 0 Å². The molecule has 1 aromatic rings. The second-order valence-corrected chi connectivity index (χ2v) is 5.38. The van der Waals surface area contributed by atoms with E-state index in [1.54, 1.807) is 23.1 Å². The molecule has 102 valence electrons. The number of rotatable bonds is 2. The van der Waals surface area contributed by atoms with E-state index >= 15 is 0 Å². The van der Waals surface area contributed by atoms with Crippen molar-refractivity contribution in [2.45, 2.75) is 12.8 Å². The van der Waals surface area contributed by atoms with Crippen LogP contribution in [-0.4, -0.2) is 29.8 Å². The quantitative estimate of drug-likeness (QED) is 0.911. The van der Waals surface area contributed by atoms with Crippen LogP contribution in [-0.2, 0) is 4.79 Å². The van der Waals surface area contributed by atoms with Crippen LogP contribution < -0.4 is 5.73 Å². The lowest BCUT2D eigenvalue weighted by atomic mass is 9.97. The molecule has 1 aromatic carbocycles. The van der Waals surface area contributed by atoms with Crippen molar-refractivity contribution in [3.8, 4) is 0 Å². The Kier molecular flexibility index (Phi) is 4.32. The van der Waals surface area contributed by atoms with Crippen molar-refractivity contribution in [1.29, 1.82) is 0 Å². The first kappa shape index (κ1) is 14.2. The molecule has 0 aromatic heterocycles. The van der Waals surface area contributed by atoms with E-state index in [1.807, 2.05) is 0 Å². The smallest absolute Gasteiger partial charge is 0.255 e. The lowest BCUT2D eigenvalue weighted by Crippen LogP contribution is -2.44. The van der Waals surface area contributed by atoms with Crippen LogP contribution in [0, 0.1) is 5.92 Å². The molecule has 0 saturated carbocycles. The summed E-state index contributed by atoms with van der Waals surface area (Å²) in [6.07, 6.45) is 1.49. The number of carbonyl (C=O) groups is 2. The molecular weight excluding hydrogens is 287 g/mol. The lowest BCUT2D eigenvalue weighted by Gasteiger charge is -2.31. The van der Waals surface area contributed by atoms with Crippen molar-refractivity contribution in [2.75, 3.05) is 13.1 Å². The fraction of sp³-hybridized carbons (Fsp3) is 0.385. The molecule has 1 atom stereocenters. The lowest BCUT2D eigenvalue weighted by molar-refractivity contribution is -0.123. The SMILES string of the molecule is NC(=O)C1CCCN(C(=O)c2cccc(Cl)c2Cl)C1. The molecule has 0 radical (unpaired) electrons. The van der Waals surface area contributed by atoms with E-state index in [0.29, 0.717) is 23.7 Å². The van der Waals surface area contributed by atoms with Gasteiger partial charge in [0.1, 0.15) is 0 Å². The Morgan fingerprint density at radius 2 is 2.05 bits per heavy atom. The highest BCUT2D eigenvalue weighted by molar-refractivity contribution is 6.43. The standard InChI is InChI=1S/C13H14Cl2N2O2/c14-10-5-1-4-9(11(10)15)13(19)17-6-2-3-8(7-17)12(16)18/h1,4-5,8H,2-3,6-7H2,(H2,16,18).